The molecule has 0 aromatic heterocycles. The summed E-state index contributed by atoms with van der Waals surface area (Å²) in [5.41, 5.74) is 0.0645. The summed E-state index contributed by atoms with van der Waals surface area (Å²) in [6.45, 7) is 5.61. The van der Waals surface area contributed by atoms with Crippen LogP contribution >= 0.6 is 0 Å². The second-order valence-corrected chi connectivity index (χ2v) is 7.72. The van der Waals surface area contributed by atoms with E-state index in [4.69, 9.17) is 0 Å². The molecule has 0 aromatic carbocycles. The van der Waals surface area contributed by atoms with Crippen molar-refractivity contribution in [1.82, 2.24) is 9.80 Å². The number of fused-ring (bicyclic) bond motifs is 1. The monoisotopic (exact) mass is 316 g/mol. The molecule has 2 heterocycles. The van der Waals surface area contributed by atoms with E-state index in [9.17, 15) is 18.0 Å². The van der Waals surface area contributed by atoms with Gasteiger partial charge in [0.2, 0.25) is 5.91 Å². The maximum Gasteiger partial charge on any atom is 0.401 e. The van der Waals surface area contributed by atoms with Crippen molar-refractivity contribution in [2.45, 2.75) is 26.4 Å². The van der Waals surface area contributed by atoms with Crippen LogP contribution < -0.4 is 0 Å². The van der Waals surface area contributed by atoms with Crippen LogP contribution in [-0.2, 0) is 4.79 Å². The van der Waals surface area contributed by atoms with Gasteiger partial charge in [-0.05, 0) is 23.7 Å². The number of allylic oxidation sites excluding steroid dienone is 1. The van der Waals surface area contributed by atoms with Gasteiger partial charge >= 0.3 is 6.18 Å². The summed E-state index contributed by atoms with van der Waals surface area (Å²) >= 11 is 0. The maximum absolute atomic E-state index is 12.7. The Bertz CT molecular complexity index is 474. The third-order valence-corrected chi connectivity index (χ3v) is 5.05. The Labute approximate surface area is 129 Å². The van der Waals surface area contributed by atoms with Crippen molar-refractivity contribution in [3.8, 4) is 0 Å². The van der Waals surface area contributed by atoms with Crippen molar-refractivity contribution in [3.63, 3.8) is 0 Å². The summed E-state index contributed by atoms with van der Waals surface area (Å²) < 4.78 is 37.2. The number of hydrogen-bond donors (Lipinski definition) is 0. The summed E-state index contributed by atoms with van der Waals surface area (Å²) in [5, 5.41) is 0. The van der Waals surface area contributed by atoms with Gasteiger partial charge in [0, 0.05) is 32.1 Å². The average molecular weight is 316 g/mol. The minimum atomic E-state index is -4.14. The first-order valence-corrected chi connectivity index (χ1v) is 7.89. The summed E-state index contributed by atoms with van der Waals surface area (Å²) in [6.07, 6.45) is 0.955. The first kappa shape index (κ1) is 15.8. The SMILES string of the molecule is CC1(C)CC=CCN(C(=O)C2C3CN(CC(F)(F)F)CC32)C1. The fourth-order valence-electron chi connectivity index (χ4n) is 3.99. The Balaban J connectivity index is 1.55. The first-order valence-electron chi connectivity index (χ1n) is 7.89. The van der Waals surface area contributed by atoms with Gasteiger partial charge in [0.05, 0.1) is 6.54 Å². The Morgan fingerprint density at radius 1 is 1.23 bits per heavy atom. The number of nitrogens with zero attached hydrogens (tertiary/aromatic N) is 2. The van der Waals surface area contributed by atoms with Crippen LogP contribution in [0.25, 0.3) is 0 Å². The number of rotatable bonds is 2. The van der Waals surface area contributed by atoms with E-state index in [-0.39, 0.29) is 29.1 Å². The zero-order valence-corrected chi connectivity index (χ0v) is 13.1. The summed E-state index contributed by atoms with van der Waals surface area (Å²) in [6, 6.07) is 0. The van der Waals surface area contributed by atoms with Crippen LogP contribution in [0.2, 0.25) is 0 Å². The van der Waals surface area contributed by atoms with Gasteiger partial charge in [-0.15, -0.1) is 0 Å². The largest absolute Gasteiger partial charge is 0.401 e. The predicted molar refractivity (Wildman–Crippen MR) is 77.1 cm³/mol. The molecule has 22 heavy (non-hydrogen) atoms. The van der Waals surface area contributed by atoms with Gasteiger partial charge < -0.3 is 4.90 Å². The Hall–Kier alpha value is -1.04. The summed E-state index contributed by atoms with van der Waals surface area (Å²) in [5.74, 6) is 0.350. The first-order chi connectivity index (χ1) is 10.2. The molecule has 0 aromatic rings. The zero-order chi connectivity index (χ0) is 16.1. The molecule has 3 aliphatic rings. The zero-order valence-electron chi connectivity index (χ0n) is 13.1. The lowest BCUT2D eigenvalue weighted by Gasteiger charge is -2.30. The Morgan fingerprint density at radius 2 is 1.86 bits per heavy atom. The molecule has 1 aliphatic carbocycles. The molecule has 124 valence electrons. The van der Waals surface area contributed by atoms with Crippen LogP contribution in [0.4, 0.5) is 13.2 Å². The van der Waals surface area contributed by atoms with Crippen LogP contribution in [0.15, 0.2) is 12.2 Å². The van der Waals surface area contributed by atoms with Gasteiger partial charge in [-0.1, -0.05) is 26.0 Å². The van der Waals surface area contributed by atoms with Crippen molar-refractivity contribution in [2.24, 2.45) is 23.2 Å². The molecule has 1 amide bonds. The lowest BCUT2D eigenvalue weighted by Crippen LogP contribution is -2.41. The fourth-order valence-corrected chi connectivity index (χ4v) is 3.99. The third-order valence-electron chi connectivity index (χ3n) is 5.05. The predicted octanol–water partition coefficient (Wildman–Crippen LogP) is 2.54. The number of amides is 1. The highest BCUT2D eigenvalue weighted by atomic mass is 19.4. The molecule has 3 nitrogen and oxygen atoms in total. The van der Waals surface area contributed by atoms with Gasteiger partial charge in [-0.25, -0.2) is 0 Å². The standard InChI is InChI=1S/C16H23F3N2O/c1-15(2)5-3-4-6-21(9-15)14(22)13-11-7-20(8-12(11)13)10-16(17,18)19/h3-4,11-13H,5-10H2,1-2H3. The second kappa shape index (κ2) is 5.25. The molecule has 3 rings (SSSR count). The number of alkyl halides is 3. The highest BCUT2D eigenvalue weighted by Crippen LogP contribution is 2.53. The molecule has 0 spiro atoms. The van der Waals surface area contributed by atoms with E-state index in [1.807, 2.05) is 11.0 Å². The van der Waals surface area contributed by atoms with E-state index >= 15 is 0 Å². The third kappa shape index (κ3) is 3.31. The minimum Gasteiger partial charge on any atom is -0.338 e. The van der Waals surface area contributed by atoms with E-state index in [0.717, 1.165) is 13.0 Å². The number of carbonyl (C=O) groups is 1. The lowest BCUT2D eigenvalue weighted by atomic mass is 9.89. The number of hydrogen-bond acceptors (Lipinski definition) is 2. The number of piperidine rings is 1. The van der Waals surface area contributed by atoms with Crippen molar-refractivity contribution in [2.75, 3.05) is 32.7 Å². The number of halogens is 3. The van der Waals surface area contributed by atoms with E-state index in [1.54, 1.807) is 0 Å². The van der Waals surface area contributed by atoms with Crippen LogP contribution in [0, 0.1) is 23.2 Å². The van der Waals surface area contributed by atoms with Crippen molar-refractivity contribution in [1.29, 1.82) is 0 Å². The van der Waals surface area contributed by atoms with Crippen molar-refractivity contribution >= 4 is 5.91 Å². The molecule has 2 aliphatic heterocycles. The van der Waals surface area contributed by atoms with E-state index < -0.39 is 12.7 Å². The molecule has 1 saturated heterocycles. The van der Waals surface area contributed by atoms with Gasteiger partial charge in [0.15, 0.2) is 0 Å². The van der Waals surface area contributed by atoms with Crippen LogP contribution in [-0.4, -0.2) is 54.6 Å². The van der Waals surface area contributed by atoms with Gasteiger partial charge in [-0.3, -0.25) is 9.69 Å². The molecule has 0 N–H and O–H groups in total. The molecule has 0 radical (unpaired) electrons. The molecule has 0 bridgehead atoms. The summed E-state index contributed by atoms with van der Waals surface area (Å²) in [7, 11) is 0. The normalized spacial score (nSPS) is 34.4. The maximum atomic E-state index is 12.7. The number of carbonyl (C=O) groups excluding carboxylic acids is 1. The average Bonchev–Trinajstić information content (AvgIpc) is 2.93. The van der Waals surface area contributed by atoms with Gasteiger partial charge in [0.25, 0.3) is 0 Å². The quantitative estimate of drug-likeness (QED) is 0.731. The molecular weight excluding hydrogens is 293 g/mol. The molecule has 2 unspecified atom stereocenters. The fraction of sp³-hybridized carbons (Fsp3) is 0.812. The number of likely N-dealkylation sites (tertiary alicyclic amines) is 1. The van der Waals surface area contributed by atoms with Crippen LogP contribution in [0.1, 0.15) is 20.3 Å². The smallest absolute Gasteiger partial charge is 0.338 e. The van der Waals surface area contributed by atoms with E-state index in [0.29, 0.717) is 19.6 Å². The van der Waals surface area contributed by atoms with Crippen LogP contribution in [0.3, 0.4) is 0 Å². The Kier molecular flexibility index (Phi) is 3.78. The molecule has 1 saturated carbocycles. The second-order valence-electron chi connectivity index (χ2n) is 7.72. The molecular formula is C16H23F3N2O. The topological polar surface area (TPSA) is 23.6 Å². The van der Waals surface area contributed by atoms with Crippen LogP contribution in [0.5, 0.6) is 0 Å². The van der Waals surface area contributed by atoms with Gasteiger partial charge in [-0.2, -0.15) is 13.2 Å². The summed E-state index contributed by atoms with van der Waals surface area (Å²) in [4.78, 5) is 16.0. The molecule has 2 fully saturated rings. The lowest BCUT2D eigenvalue weighted by molar-refractivity contribution is -0.145. The van der Waals surface area contributed by atoms with Crippen molar-refractivity contribution in [3.05, 3.63) is 12.2 Å². The van der Waals surface area contributed by atoms with Gasteiger partial charge in [0.1, 0.15) is 0 Å². The molecule has 2 atom stereocenters. The highest BCUT2D eigenvalue weighted by molar-refractivity contribution is 5.83. The van der Waals surface area contributed by atoms with E-state index in [2.05, 4.69) is 19.9 Å². The minimum absolute atomic E-state index is 0.0493. The van der Waals surface area contributed by atoms with Crippen molar-refractivity contribution < 1.29 is 18.0 Å². The van der Waals surface area contributed by atoms with E-state index in [1.165, 1.54) is 4.90 Å². The highest BCUT2D eigenvalue weighted by Gasteiger charge is 2.60. The molecule has 6 heteroatoms. The Morgan fingerprint density at radius 3 is 2.45 bits per heavy atom.